The molecule has 3 nitrogen and oxygen atoms in total. The molecule has 0 atom stereocenters. The first-order valence-electron chi connectivity index (χ1n) is 5.39. The number of fused-ring (bicyclic) bond motifs is 1. The van der Waals surface area contributed by atoms with Gasteiger partial charge in [0, 0.05) is 23.8 Å². The highest BCUT2D eigenvalue weighted by Gasteiger charge is 2.11. The maximum atomic E-state index is 13.4. The van der Waals surface area contributed by atoms with Crippen molar-refractivity contribution in [3.05, 3.63) is 47.4 Å². The normalized spacial score (nSPS) is 11.1. The first-order valence-corrected chi connectivity index (χ1v) is 5.77. The van der Waals surface area contributed by atoms with Crippen molar-refractivity contribution >= 4 is 22.8 Å². The lowest BCUT2D eigenvalue weighted by Crippen LogP contribution is -1.93. The zero-order valence-corrected chi connectivity index (χ0v) is 10.3. The highest BCUT2D eigenvalue weighted by molar-refractivity contribution is 6.30. The van der Waals surface area contributed by atoms with E-state index in [0.717, 1.165) is 5.52 Å². The number of aryl methyl sites for hydroxylation is 1. The lowest BCUT2D eigenvalue weighted by atomic mass is 10.2. The number of imidazole rings is 1. The molecule has 0 aliphatic rings. The van der Waals surface area contributed by atoms with E-state index in [1.165, 1.54) is 12.1 Å². The molecule has 0 radical (unpaired) electrons. The Balaban J connectivity index is 2.28. The Kier molecular flexibility index (Phi) is 2.52. The summed E-state index contributed by atoms with van der Waals surface area (Å²) in [7, 11) is 1.87. The molecule has 5 heteroatoms. The molecule has 1 aromatic carbocycles. The van der Waals surface area contributed by atoms with E-state index in [1.807, 2.05) is 23.7 Å². The molecule has 0 aliphatic carbocycles. The number of halogens is 2. The molecule has 0 spiro atoms. The average Bonchev–Trinajstić information content (AvgIpc) is 2.66. The predicted molar refractivity (Wildman–Crippen MR) is 68.9 cm³/mol. The second-order valence-electron chi connectivity index (χ2n) is 4.00. The summed E-state index contributed by atoms with van der Waals surface area (Å²) in [6.07, 6.45) is 1.68. The third-order valence-corrected chi connectivity index (χ3v) is 3.00. The lowest BCUT2D eigenvalue weighted by Gasteiger charge is -2.03. The quantitative estimate of drug-likeness (QED) is 0.672. The summed E-state index contributed by atoms with van der Waals surface area (Å²) in [5, 5.41) is 0.352. The van der Waals surface area contributed by atoms with Gasteiger partial charge in [-0.25, -0.2) is 14.4 Å². The van der Waals surface area contributed by atoms with Gasteiger partial charge < -0.3 is 4.57 Å². The van der Waals surface area contributed by atoms with Crippen molar-refractivity contribution in [3.8, 4) is 11.4 Å². The smallest absolute Gasteiger partial charge is 0.178 e. The van der Waals surface area contributed by atoms with Crippen molar-refractivity contribution < 1.29 is 4.39 Å². The van der Waals surface area contributed by atoms with Gasteiger partial charge in [-0.1, -0.05) is 11.6 Å². The number of aromatic nitrogens is 3. The highest BCUT2D eigenvalue weighted by Crippen LogP contribution is 2.25. The summed E-state index contributed by atoms with van der Waals surface area (Å²) in [6.45, 7) is 0. The van der Waals surface area contributed by atoms with Crippen molar-refractivity contribution in [2.45, 2.75) is 0 Å². The fourth-order valence-corrected chi connectivity index (χ4v) is 2.19. The van der Waals surface area contributed by atoms with Gasteiger partial charge in [-0.05, 0) is 30.3 Å². The maximum Gasteiger partial charge on any atom is 0.178 e. The van der Waals surface area contributed by atoms with Gasteiger partial charge in [0.2, 0.25) is 0 Å². The van der Waals surface area contributed by atoms with Crippen LogP contribution < -0.4 is 0 Å². The van der Waals surface area contributed by atoms with Crippen LogP contribution in [0.3, 0.4) is 0 Å². The Hall–Kier alpha value is -1.94. The summed E-state index contributed by atoms with van der Waals surface area (Å²) in [5.74, 6) is 0.266. The first kappa shape index (κ1) is 11.2. The van der Waals surface area contributed by atoms with Crippen LogP contribution in [0, 0.1) is 5.82 Å². The monoisotopic (exact) mass is 261 g/mol. The molecule has 0 fully saturated rings. The number of hydrogen-bond donors (Lipinski definition) is 0. The molecule has 18 heavy (non-hydrogen) atoms. The van der Waals surface area contributed by atoms with Crippen molar-refractivity contribution in [2.75, 3.05) is 0 Å². The Labute approximate surface area is 108 Å². The number of rotatable bonds is 1. The maximum absolute atomic E-state index is 13.4. The molecular weight excluding hydrogens is 253 g/mol. The molecule has 0 bridgehead atoms. The highest BCUT2D eigenvalue weighted by atomic mass is 35.5. The lowest BCUT2D eigenvalue weighted by molar-refractivity contribution is 0.628. The van der Waals surface area contributed by atoms with Crippen LogP contribution in [0.4, 0.5) is 4.39 Å². The van der Waals surface area contributed by atoms with E-state index in [-0.39, 0.29) is 5.82 Å². The Morgan fingerprint density at radius 3 is 2.83 bits per heavy atom. The molecule has 2 heterocycles. The van der Waals surface area contributed by atoms with E-state index >= 15 is 0 Å². The zero-order chi connectivity index (χ0) is 12.7. The van der Waals surface area contributed by atoms with Crippen LogP contribution in [-0.4, -0.2) is 14.5 Å². The van der Waals surface area contributed by atoms with Crippen LogP contribution in [0.15, 0.2) is 36.5 Å². The summed E-state index contributed by atoms with van der Waals surface area (Å²) in [6, 6.07) is 8.12. The summed E-state index contributed by atoms with van der Waals surface area (Å²) in [5.41, 5.74) is 2.17. The molecule has 0 N–H and O–H groups in total. The van der Waals surface area contributed by atoms with E-state index in [9.17, 15) is 4.39 Å². The predicted octanol–water partition coefficient (Wildman–Crippen LogP) is 3.43. The van der Waals surface area contributed by atoms with Crippen molar-refractivity contribution in [2.24, 2.45) is 7.05 Å². The van der Waals surface area contributed by atoms with Crippen LogP contribution >= 0.6 is 11.6 Å². The van der Waals surface area contributed by atoms with Gasteiger partial charge in [-0.2, -0.15) is 0 Å². The number of benzene rings is 1. The first-order chi connectivity index (χ1) is 8.65. The van der Waals surface area contributed by atoms with Crippen LogP contribution in [0.1, 0.15) is 0 Å². The van der Waals surface area contributed by atoms with Crippen LogP contribution in [0.25, 0.3) is 22.6 Å². The molecule has 0 saturated carbocycles. The third kappa shape index (κ3) is 1.75. The van der Waals surface area contributed by atoms with E-state index in [2.05, 4.69) is 9.97 Å². The molecule has 0 amide bonds. The molecule has 3 aromatic rings. The summed E-state index contributed by atoms with van der Waals surface area (Å²) < 4.78 is 15.2. The minimum absolute atomic E-state index is 0.352. The molecule has 3 rings (SSSR count). The van der Waals surface area contributed by atoms with Gasteiger partial charge in [0.05, 0.1) is 5.52 Å². The molecule has 0 saturated heterocycles. The van der Waals surface area contributed by atoms with Crippen molar-refractivity contribution in [1.82, 2.24) is 14.5 Å². The van der Waals surface area contributed by atoms with E-state index in [1.54, 1.807) is 12.3 Å². The Morgan fingerprint density at radius 2 is 2.11 bits per heavy atom. The third-order valence-electron chi connectivity index (χ3n) is 2.78. The minimum atomic E-state index is -0.377. The van der Waals surface area contributed by atoms with Gasteiger partial charge in [0.15, 0.2) is 5.65 Å². The topological polar surface area (TPSA) is 30.7 Å². The molecule has 2 aromatic heterocycles. The van der Waals surface area contributed by atoms with Gasteiger partial charge in [0.25, 0.3) is 0 Å². The van der Waals surface area contributed by atoms with Gasteiger partial charge in [0.1, 0.15) is 11.6 Å². The Bertz CT molecular complexity index is 716. The summed E-state index contributed by atoms with van der Waals surface area (Å²) >= 11 is 5.86. The largest absolute Gasteiger partial charge is 0.326 e. The second kappa shape index (κ2) is 4.07. The average molecular weight is 262 g/mol. The molecule has 90 valence electrons. The van der Waals surface area contributed by atoms with Gasteiger partial charge in [-0.15, -0.1) is 0 Å². The Morgan fingerprint density at radius 1 is 1.28 bits per heavy atom. The second-order valence-corrected chi connectivity index (χ2v) is 4.44. The molecule has 0 unspecified atom stereocenters. The standard InChI is InChI=1S/C13H9ClFN3/c1-18-11-3-2-4-16-12(11)17-13(18)8-5-9(14)7-10(15)6-8/h2-7H,1H3. The zero-order valence-electron chi connectivity index (χ0n) is 9.56. The number of nitrogens with zero attached hydrogens (tertiary/aromatic N) is 3. The van der Waals surface area contributed by atoms with Crippen LogP contribution in [-0.2, 0) is 7.05 Å². The van der Waals surface area contributed by atoms with Crippen molar-refractivity contribution in [1.29, 1.82) is 0 Å². The summed E-state index contributed by atoms with van der Waals surface area (Å²) in [4.78, 5) is 8.57. The van der Waals surface area contributed by atoms with Gasteiger partial charge in [-0.3, -0.25) is 0 Å². The van der Waals surface area contributed by atoms with E-state index in [4.69, 9.17) is 11.6 Å². The number of pyridine rings is 1. The fraction of sp³-hybridized carbons (Fsp3) is 0.0769. The van der Waals surface area contributed by atoms with E-state index in [0.29, 0.717) is 22.1 Å². The molecule has 0 aliphatic heterocycles. The SMILES string of the molecule is Cn1c(-c2cc(F)cc(Cl)c2)nc2ncccc21. The van der Waals surface area contributed by atoms with Crippen molar-refractivity contribution in [3.63, 3.8) is 0 Å². The molecular formula is C13H9ClFN3. The van der Waals surface area contributed by atoms with Crippen LogP contribution in [0.5, 0.6) is 0 Å². The minimum Gasteiger partial charge on any atom is -0.326 e. The fourth-order valence-electron chi connectivity index (χ4n) is 1.97. The van der Waals surface area contributed by atoms with Gasteiger partial charge >= 0.3 is 0 Å². The van der Waals surface area contributed by atoms with Crippen LogP contribution in [0.2, 0.25) is 5.02 Å². The van der Waals surface area contributed by atoms with E-state index < -0.39 is 0 Å². The number of hydrogen-bond acceptors (Lipinski definition) is 2.